The zero-order chi connectivity index (χ0) is 18.5. The van der Waals surface area contributed by atoms with Crippen molar-refractivity contribution < 1.29 is 9.13 Å². The summed E-state index contributed by atoms with van der Waals surface area (Å²) in [4.78, 5) is 0. The molecule has 2 aromatic rings. The zero-order valence-electron chi connectivity index (χ0n) is 15.9. The predicted octanol–water partition coefficient (Wildman–Crippen LogP) is 5.67. The lowest BCUT2D eigenvalue weighted by Crippen LogP contribution is -2.48. The third-order valence-corrected chi connectivity index (χ3v) is 6.82. The van der Waals surface area contributed by atoms with Crippen LogP contribution in [0.1, 0.15) is 57.1 Å². The number of hydrogen-bond donors (Lipinski definition) is 1. The molecule has 0 bridgehead atoms. The van der Waals surface area contributed by atoms with Gasteiger partial charge >= 0.3 is 0 Å². The second kappa shape index (κ2) is 8.64. The van der Waals surface area contributed by atoms with E-state index in [1.165, 1.54) is 11.1 Å². The van der Waals surface area contributed by atoms with E-state index in [9.17, 15) is 4.39 Å². The molecule has 1 aromatic heterocycles. The molecule has 0 amide bonds. The lowest BCUT2D eigenvalue weighted by Gasteiger charge is -2.48. The molecular formula is C22H30FNOS. The van der Waals surface area contributed by atoms with Gasteiger partial charge in [0.05, 0.1) is 5.60 Å². The number of nitrogens with one attached hydrogen (secondary N) is 1. The molecule has 2 heterocycles. The number of thiophene rings is 1. The quantitative estimate of drug-likeness (QED) is 0.600. The second-order valence-corrected chi connectivity index (χ2v) is 8.29. The summed E-state index contributed by atoms with van der Waals surface area (Å²) < 4.78 is 19.7. The van der Waals surface area contributed by atoms with Crippen LogP contribution >= 0.6 is 11.3 Å². The first-order chi connectivity index (χ1) is 12.6. The SMILES string of the molecule is CCC1(CC)CC(CCNCc2ccsc2)(c2ccc(F)cc2)CCO1. The van der Waals surface area contributed by atoms with Crippen molar-refractivity contribution in [3.63, 3.8) is 0 Å². The topological polar surface area (TPSA) is 21.3 Å². The van der Waals surface area contributed by atoms with Gasteiger partial charge in [0.15, 0.2) is 0 Å². The van der Waals surface area contributed by atoms with E-state index in [4.69, 9.17) is 4.74 Å². The highest BCUT2D eigenvalue weighted by molar-refractivity contribution is 7.07. The van der Waals surface area contributed by atoms with Crippen LogP contribution in [0.3, 0.4) is 0 Å². The minimum absolute atomic E-state index is 0.0552. The standard InChI is InChI=1S/C22H30FNOS/c1-3-22(4-2)17-21(11-13-25-22,19-5-7-20(23)8-6-19)10-12-24-15-18-9-14-26-16-18/h5-9,14,16,24H,3-4,10-13,15,17H2,1-2H3. The maximum atomic E-state index is 13.5. The fourth-order valence-electron chi connectivity index (χ4n) is 4.28. The number of ether oxygens (including phenoxy) is 1. The summed E-state index contributed by atoms with van der Waals surface area (Å²) >= 11 is 1.74. The van der Waals surface area contributed by atoms with Crippen molar-refractivity contribution in [2.75, 3.05) is 13.2 Å². The first-order valence-corrected chi connectivity index (χ1v) is 10.7. The molecular weight excluding hydrogens is 345 g/mol. The van der Waals surface area contributed by atoms with E-state index in [2.05, 4.69) is 36.0 Å². The van der Waals surface area contributed by atoms with Gasteiger partial charge in [-0.2, -0.15) is 11.3 Å². The van der Waals surface area contributed by atoms with Crippen LogP contribution in [-0.4, -0.2) is 18.8 Å². The van der Waals surface area contributed by atoms with Gasteiger partial charge < -0.3 is 10.1 Å². The van der Waals surface area contributed by atoms with Gasteiger partial charge in [0.2, 0.25) is 0 Å². The summed E-state index contributed by atoms with van der Waals surface area (Å²) in [6, 6.07) is 9.34. The zero-order valence-corrected chi connectivity index (χ0v) is 16.7. The summed E-state index contributed by atoms with van der Waals surface area (Å²) in [6.45, 7) is 7.09. The van der Waals surface area contributed by atoms with Crippen LogP contribution in [0.15, 0.2) is 41.1 Å². The number of halogens is 1. The Hall–Kier alpha value is -1.23. The summed E-state index contributed by atoms with van der Waals surface area (Å²) in [5.74, 6) is -0.163. The highest BCUT2D eigenvalue weighted by Gasteiger charge is 2.44. The Labute approximate surface area is 160 Å². The van der Waals surface area contributed by atoms with Gasteiger partial charge in [0.1, 0.15) is 5.82 Å². The van der Waals surface area contributed by atoms with Gasteiger partial charge in [-0.25, -0.2) is 4.39 Å². The first kappa shape index (κ1) is 19.5. The molecule has 1 unspecified atom stereocenters. The predicted molar refractivity (Wildman–Crippen MR) is 107 cm³/mol. The van der Waals surface area contributed by atoms with Crippen molar-refractivity contribution in [1.29, 1.82) is 0 Å². The Kier molecular flexibility index (Phi) is 6.49. The van der Waals surface area contributed by atoms with E-state index in [0.717, 1.165) is 51.8 Å². The van der Waals surface area contributed by atoms with Gasteiger partial charge in [0.25, 0.3) is 0 Å². The van der Waals surface area contributed by atoms with Gasteiger partial charge in [-0.15, -0.1) is 0 Å². The maximum absolute atomic E-state index is 13.5. The third kappa shape index (κ3) is 4.36. The maximum Gasteiger partial charge on any atom is 0.123 e. The highest BCUT2D eigenvalue weighted by Crippen LogP contribution is 2.46. The monoisotopic (exact) mass is 375 g/mol. The van der Waals surface area contributed by atoms with Gasteiger partial charge in [-0.05, 0) is 78.7 Å². The van der Waals surface area contributed by atoms with Crippen molar-refractivity contribution in [1.82, 2.24) is 5.32 Å². The molecule has 2 nitrogen and oxygen atoms in total. The number of hydrogen-bond acceptors (Lipinski definition) is 3. The Balaban J connectivity index is 1.76. The lowest BCUT2D eigenvalue weighted by molar-refractivity contribution is -0.112. The molecule has 4 heteroatoms. The fraction of sp³-hybridized carbons (Fsp3) is 0.545. The Morgan fingerprint density at radius 3 is 2.58 bits per heavy atom. The van der Waals surface area contributed by atoms with Crippen molar-refractivity contribution in [3.8, 4) is 0 Å². The normalized spacial score (nSPS) is 22.4. The van der Waals surface area contributed by atoms with E-state index in [1.807, 2.05) is 12.1 Å². The van der Waals surface area contributed by atoms with Crippen LogP contribution in [0.4, 0.5) is 4.39 Å². The van der Waals surface area contributed by atoms with E-state index in [-0.39, 0.29) is 16.8 Å². The highest BCUT2D eigenvalue weighted by atomic mass is 32.1. The fourth-order valence-corrected chi connectivity index (χ4v) is 4.95. The molecule has 0 aliphatic carbocycles. The minimum Gasteiger partial charge on any atom is -0.375 e. The summed E-state index contributed by atoms with van der Waals surface area (Å²) in [7, 11) is 0. The second-order valence-electron chi connectivity index (χ2n) is 7.51. The molecule has 1 aromatic carbocycles. The molecule has 1 fully saturated rings. The van der Waals surface area contributed by atoms with E-state index in [1.54, 1.807) is 23.5 Å². The summed E-state index contributed by atoms with van der Waals surface area (Å²) in [6.07, 6.45) is 5.11. The minimum atomic E-state index is -0.163. The van der Waals surface area contributed by atoms with Crippen molar-refractivity contribution in [2.45, 2.75) is 63.5 Å². The van der Waals surface area contributed by atoms with E-state index < -0.39 is 0 Å². The summed E-state index contributed by atoms with van der Waals surface area (Å²) in [5.41, 5.74) is 2.60. The molecule has 1 aliphatic heterocycles. The van der Waals surface area contributed by atoms with Gasteiger partial charge in [-0.3, -0.25) is 0 Å². The molecule has 26 heavy (non-hydrogen) atoms. The molecule has 0 spiro atoms. The number of rotatable bonds is 8. The third-order valence-electron chi connectivity index (χ3n) is 6.08. The lowest BCUT2D eigenvalue weighted by atomic mass is 9.65. The smallest absolute Gasteiger partial charge is 0.123 e. The summed E-state index contributed by atoms with van der Waals surface area (Å²) in [5, 5.41) is 7.90. The van der Waals surface area contributed by atoms with Crippen LogP contribution in [0.5, 0.6) is 0 Å². The average Bonchev–Trinajstić information content (AvgIpc) is 3.19. The van der Waals surface area contributed by atoms with E-state index >= 15 is 0 Å². The van der Waals surface area contributed by atoms with Crippen LogP contribution in [0.25, 0.3) is 0 Å². The molecule has 1 saturated heterocycles. The van der Waals surface area contributed by atoms with Gasteiger partial charge in [0, 0.05) is 18.6 Å². The molecule has 1 aliphatic rings. The molecule has 1 atom stereocenters. The Morgan fingerprint density at radius 2 is 1.92 bits per heavy atom. The van der Waals surface area contributed by atoms with Crippen LogP contribution < -0.4 is 5.32 Å². The molecule has 0 saturated carbocycles. The van der Waals surface area contributed by atoms with Crippen molar-refractivity contribution >= 4 is 11.3 Å². The van der Waals surface area contributed by atoms with Crippen molar-refractivity contribution in [2.24, 2.45) is 0 Å². The van der Waals surface area contributed by atoms with Crippen LogP contribution in [0.2, 0.25) is 0 Å². The number of benzene rings is 1. The molecule has 0 radical (unpaired) electrons. The van der Waals surface area contributed by atoms with Crippen LogP contribution in [-0.2, 0) is 16.7 Å². The van der Waals surface area contributed by atoms with Crippen LogP contribution in [0, 0.1) is 5.82 Å². The first-order valence-electron chi connectivity index (χ1n) is 9.73. The molecule has 3 rings (SSSR count). The Bertz CT molecular complexity index is 666. The largest absolute Gasteiger partial charge is 0.375 e. The van der Waals surface area contributed by atoms with Gasteiger partial charge in [-0.1, -0.05) is 26.0 Å². The van der Waals surface area contributed by atoms with E-state index in [0.29, 0.717) is 0 Å². The Morgan fingerprint density at radius 1 is 1.15 bits per heavy atom. The molecule has 1 N–H and O–H groups in total. The van der Waals surface area contributed by atoms with Crippen molar-refractivity contribution in [3.05, 3.63) is 58.0 Å². The average molecular weight is 376 g/mol. The molecule has 142 valence electrons.